The van der Waals surface area contributed by atoms with Crippen LogP contribution in [0.5, 0.6) is 5.75 Å². The van der Waals surface area contributed by atoms with E-state index < -0.39 is 0 Å². The van der Waals surface area contributed by atoms with E-state index in [9.17, 15) is 0 Å². The Morgan fingerprint density at radius 1 is 1.17 bits per heavy atom. The molecule has 12 heavy (non-hydrogen) atoms. The van der Waals surface area contributed by atoms with Crippen LogP contribution in [0, 0.1) is 0 Å². The molecule has 0 saturated heterocycles. The summed E-state index contributed by atoms with van der Waals surface area (Å²) in [6.45, 7) is 2.77. The SMILES string of the molecule is CCC=CCOc1ccccc1. The zero-order valence-electron chi connectivity index (χ0n) is 7.36. The fraction of sp³-hybridized carbons (Fsp3) is 0.273. The van der Waals surface area contributed by atoms with Gasteiger partial charge in [-0.25, -0.2) is 0 Å². The molecule has 0 fully saturated rings. The second kappa shape index (κ2) is 5.42. The van der Waals surface area contributed by atoms with E-state index in [1.54, 1.807) is 0 Å². The Morgan fingerprint density at radius 3 is 2.58 bits per heavy atom. The van der Waals surface area contributed by atoms with Crippen LogP contribution >= 0.6 is 0 Å². The van der Waals surface area contributed by atoms with Crippen LogP contribution in [0.3, 0.4) is 0 Å². The molecule has 0 unspecified atom stereocenters. The molecule has 0 radical (unpaired) electrons. The van der Waals surface area contributed by atoms with Crippen molar-refractivity contribution in [3.8, 4) is 5.75 Å². The van der Waals surface area contributed by atoms with Crippen LogP contribution in [0.25, 0.3) is 0 Å². The van der Waals surface area contributed by atoms with Gasteiger partial charge in [0, 0.05) is 0 Å². The highest BCUT2D eigenvalue weighted by Crippen LogP contribution is 2.07. The molecule has 0 heterocycles. The van der Waals surface area contributed by atoms with E-state index in [1.165, 1.54) is 0 Å². The second-order valence-electron chi connectivity index (χ2n) is 2.50. The monoisotopic (exact) mass is 162 g/mol. The quantitative estimate of drug-likeness (QED) is 0.618. The van der Waals surface area contributed by atoms with Crippen molar-refractivity contribution in [2.45, 2.75) is 13.3 Å². The van der Waals surface area contributed by atoms with E-state index in [0.29, 0.717) is 6.61 Å². The molecule has 0 aliphatic heterocycles. The third kappa shape index (κ3) is 3.24. The number of benzene rings is 1. The van der Waals surface area contributed by atoms with E-state index in [0.717, 1.165) is 12.2 Å². The Kier molecular flexibility index (Phi) is 4.00. The lowest BCUT2D eigenvalue weighted by molar-refractivity contribution is 0.362. The fourth-order valence-electron chi connectivity index (χ4n) is 0.896. The van der Waals surface area contributed by atoms with E-state index in [4.69, 9.17) is 4.74 Å². The predicted molar refractivity (Wildman–Crippen MR) is 51.4 cm³/mol. The van der Waals surface area contributed by atoms with E-state index in [-0.39, 0.29) is 0 Å². The molecular weight excluding hydrogens is 148 g/mol. The van der Waals surface area contributed by atoms with E-state index in [1.807, 2.05) is 36.4 Å². The lowest BCUT2D eigenvalue weighted by atomic mass is 10.3. The summed E-state index contributed by atoms with van der Waals surface area (Å²) >= 11 is 0. The summed E-state index contributed by atoms with van der Waals surface area (Å²) in [5, 5.41) is 0. The number of allylic oxidation sites excluding steroid dienone is 1. The Morgan fingerprint density at radius 2 is 1.92 bits per heavy atom. The minimum absolute atomic E-state index is 0.665. The first-order chi connectivity index (χ1) is 5.93. The molecule has 1 heteroatoms. The minimum atomic E-state index is 0.665. The molecule has 1 rings (SSSR count). The molecule has 0 N–H and O–H groups in total. The maximum atomic E-state index is 5.42. The first-order valence-corrected chi connectivity index (χ1v) is 4.26. The Balaban J connectivity index is 2.29. The van der Waals surface area contributed by atoms with Crippen LogP contribution in [0.15, 0.2) is 42.5 Å². The summed E-state index contributed by atoms with van der Waals surface area (Å²) in [7, 11) is 0. The molecule has 0 bridgehead atoms. The van der Waals surface area contributed by atoms with Gasteiger partial charge in [-0.15, -0.1) is 0 Å². The van der Waals surface area contributed by atoms with Crippen LogP contribution in [-0.2, 0) is 0 Å². The molecule has 0 aromatic heterocycles. The van der Waals surface area contributed by atoms with Crippen LogP contribution in [-0.4, -0.2) is 6.61 Å². The number of rotatable bonds is 4. The van der Waals surface area contributed by atoms with Gasteiger partial charge in [0.15, 0.2) is 0 Å². The van der Waals surface area contributed by atoms with Crippen molar-refractivity contribution in [1.82, 2.24) is 0 Å². The van der Waals surface area contributed by atoms with Gasteiger partial charge in [-0.3, -0.25) is 0 Å². The summed E-state index contributed by atoms with van der Waals surface area (Å²) in [6, 6.07) is 9.84. The Labute approximate surface area is 73.7 Å². The highest BCUT2D eigenvalue weighted by Gasteiger charge is 1.85. The Hall–Kier alpha value is -1.24. The second-order valence-corrected chi connectivity index (χ2v) is 2.50. The third-order valence-corrected chi connectivity index (χ3v) is 1.49. The van der Waals surface area contributed by atoms with Gasteiger partial charge in [0.1, 0.15) is 12.4 Å². The summed E-state index contributed by atoms with van der Waals surface area (Å²) in [4.78, 5) is 0. The molecule has 1 aromatic rings. The molecule has 0 saturated carbocycles. The topological polar surface area (TPSA) is 9.23 Å². The smallest absolute Gasteiger partial charge is 0.119 e. The van der Waals surface area contributed by atoms with Gasteiger partial charge in [0.2, 0.25) is 0 Å². The molecule has 64 valence electrons. The Bertz CT molecular complexity index is 226. The van der Waals surface area contributed by atoms with Crippen molar-refractivity contribution in [1.29, 1.82) is 0 Å². The third-order valence-electron chi connectivity index (χ3n) is 1.49. The number of para-hydroxylation sites is 1. The van der Waals surface area contributed by atoms with Crippen LogP contribution < -0.4 is 4.74 Å². The molecule has 0 aliphatic carbocycles. The fourth-order valence-corrected chi connectivity index (χ4v) is 0.896. The maximum absolute atomic E-state index is 5.42. The van der Waals surface area contributed by atoms with Crippen LogP contribution in [0.4, 0.5) is 0 Å². The number of hydrogen-bond donors (Lipinski definition) is 0. The van der Waals surface area contributed by atoms with Crippen molar-refractivity contribution < 1.29 is 4.74 Å². The molecular formula is C11H14O. The van der Waals surface area contributed by atoms with Gasteiger partial charge in [0.25, 0.3) is 0 Å². The molecule has 0 amide bonds. The number of hydrogen-bond acceptors (Lipinski definition) is 1. The van der Waals surface area contributed by atoms with Gasteiger partial charge in [-0.1, -0.05) is 37.3 Å². The molecule has 0 atom stereocenters. The lowest BCUT2D eigenvalue weighted by Gasteiger charge is -2.00. The average Bonchev–Trinajstić information content (AvgIpc) is 2.14. The highest BCUT2D eigenvalue weighted by molar-refractivity contribution is 5.21. The van der Waals surface area contributed by atoms with Crippen molar-refractivity contribution in [2.75, 3.05) is 6.61 Å². The van der Waals surface area contributed by atoms with Crippen molar-refractivity contribution in [3.63, 3.8) is 0 Å². The molecule has 1 nitrogen and oxygen atoms in total. The first kappa shape index (κ1) is 8.85. The van der Waals surface area contributed by atoms with Crippen molar-refractivity contribution in [2.24, 2.45) is 0 Å². The standard InChI is InChI=1S/C11H14O/c1-2-3-7-10-12-11-8-5-4-6-9-11/h3-9H,2,10H2,1H3. The van der Waals surface area contributed by atoms with E-state index >= 15 is 0 Å². The molecule has 0 spiro atoms. The van der Waals surface area contributed by atoms with E-state index in [2.05, 4.69) is 13.0 Å². The molecule has 1 aromatic carbocycles. The minimum Gasteiger partial charge on any atom is -0.490 e. The normalized spacial score (nSPS) is 10.4. The number of ether oxygens (including phenoxy) is 1. The average molecular weight is 162 g/mol. The van der Waals surface area contributed by atoms with Crippen molar-refractivity contribution >= 4 is 0 Å². The van der Waals surface area contributed by atoms with Gasteiger partial charge in [-0.05, 0) is 18.6 Å². The maximum Gasteiger partial charge on any atom is 0.119 e. The summed E-state index contributed by atoms with van der Waals surface area (Å²) in [5.41, 5.74) is 0. The zero-order chi connectivity index (χ0) is 8.65. The first-order valence-electron chi connectivity index (χ1n) is 4.26. The van der Waals surface area contributed by atoms with Gasteiger partial charge >= 0.3 is 0 Å². The predicted octanol–water partition coefficient (Wildman–Crippen LogP) is 3.03. The van der Waals surface area contributed by atoms with Crippen molar-refractivity contribution in [3.05, 3.63) is 42.5 Å². The lowest BCUT2D eigenvalue weighted by Crippen LogP contribution is -1.92. The summed E-state index contributed by atoms with van der Waals surface area (Å²) in [5.74, 6) is 0.929. The molecule has 0 aliphatic rings. The van der Waals surface area contributed by atoms with Gasteiger partial charge in [-0.2, -0.15) is 0 Å². The largest absolute Gasteiger partial charge is 0.490 e. The van der Waals surface area contributed by atoms with Gasteiger partial charge < -0.3 is 4.74 Å². The van der Waals surface area contributed by atoms with Gasteiger partial charge in [0.05, 0.1) is 0 Å². The summed E-state index contributed by atoms with van der Waals surface area (Å²) in [6.07, 6.45) is 5.20. The van der Waals surface area contributed by atoms with Crippen LogP contribution in [0.2, 0.25) is 0 Å². The summed E-state index contributed by atoms with van der Waals surface area (Å²) < 4.78 is 5.42. The van der Waals surface area contributed by atoms with Crippen LogP contribution in [0.1, 0.15) is 13.3 Å². The highest BCUT2D eigenvalue weighted by atomic mass is 16.5. The zero-order valence-corrected chi connectivity index (χ0v) is 7.36.